The standard InChI is InChI=1S/C49H46N2O2Si/c1-30(2)39-28-36(54(5,6)7)29-40(31(3)4)48(39)35-26-43(51-45(27-35)38-18-11-13-19-46(38)52)34-23-41-37-17-12-14-20-47(37)53-49(41)42(24-34)44-25-33(21-22-50-44)32-15-9-8-10-16-32/h8-31,52H,1-7H3. The van der Waals surface area contributed by atoms with Crippen molar-refractivity contribution in [2.75, 3.05) is 0 Å². The maximum Gasteiger partial charge on any atom is 0.144 e. The van der Waals surface area contributed by atoms with E-state index in [1.165, 1.54) is 21.9 Å². The maximum absolute atomic E-state index is 11.2. The lowest BCUT2D eigenvalue weighted by atomic mass is 9.84. The van der Waals surface area contributed by atoms with Gasteiger partial charge in [0.25, 0.3) is 0 Å². The number of fused-ring (bicyclic) bond motifs is 3. The van der Waals surface area contributed by atoms with Gasteiger partial charge in [-0.05, 0) is 99.8 Å². The highest BCUT2D eigenvalue weighted by Crippen LogP contribution is 2.43. The number of hydrogen-bond donors (Lipinski definition) is 1. The molecule has 0 aliphatic carbocycles. The lowest BCUT2D eigenvalue weighted by Crippen LogP contribution is -2.38. The highest BCUT2D eigenvalue weighted by molar-refractivity contribution is 6.88. The molecule has 3 heterocycles. The molecule has 0 radical (unpaired) electrons. The molecule has 54 heavy (non-hydrogen) atoms. The predicted octanol–water partition coefficient (Wildman–Crippen LogP) is 13.2. The molecule has 0 aliphatic heterocycles. The van der Waals surface area contributed by atoms with E-state index in [2.05, 4.69) is 126 Å². The van der Waals surface area contributed by atoms with Crippen molar-refractivity contribution < 1.29 is 9.52 Å². The molecule has 5 heteroatoms. The van der Waals surface area contributed by atoms with Crippen molar-refractivity contribution in [2.45, 2.75) is 59.2 Å². The number of benzene rings is 5. The van der Waals surface area contributed by atoms with Crippen LogP contribution in [0.4, 0.5) is 0 Å². The lowest BCUT2D eigenvalue weighted by Gasteiger charge is -2.26. The van der Waals surface area contributed by atoms with Crippen LogP contribution in [0.15, 0.2) is 138 Å². The summed E-state index contributed by atoms with van der Waals surface area (Å²) in [6, 6.07) is 44.0. The minimum atomic E-state index is -1.61. The quantitative estimate of drug-likeness (QED) is 0.159. The highest BCUT2D eigenvalue weighted by atomic mass is 28.3. The van der Waals surface area contributed by atoms with E-state index in [0.29, 0.717) is 17.4 Å². The number of pyridine rings is 2. The highest BCUT2D eigenvalue weighted by Gasteiger charge is 2.25. The number of hydrogen-bond acceptors (Lipinski definition) is 4. The summed E-state index contributed by atoms with van der Waals surface area (Å²) >= 11 is 0. The predicted molar refractivity (Wildman–Crippen MR) is 229 cm³/mol. The molecule has 0 atom stereocenters. The second-order valence-corrected chi connectivity index (χ2v) is 21.1. The van der Waals surface area contributed by atoms with Crippen LogP contribution in [0.5, 0.6) is 5.75 Å². The fourth-order valence-corrected chi connectivity index (χ4v) is 8.75. The topological polar surface area (TPSA) is 59.2 Å². The van der Waals surface area contributed by atoms with Crippen LogP contribution in [0.1, 0.15) is 50.7 Å². The summed E-state index contributed by atoms with van der Waals surface area (Å²) in [5, 5.41) is 14.7. The fraction of sp³-hybridized carbons (Fsp3) is 0.184. The molecule has 0 saturated heterocycles. The fourth-order valence-electron chi connectivity index (χ4n) is 7.57. The first kappa shape index (κ1) is 35.3. The van der Waals surface area contributed by atoms with Gasteiger partial charge in [-0.1, -0.05) is 125 Å². The molecule has 8 rings (SSSR count). The summed E-state index contributed by atoms with van der Waals surface area (Å²) in [4.78, 5) is 10.2. The molecular weight excluding hydrogens is 677 g/mol. The molecule has 1 N–H and O–H groups in total. The Morgan fingerprint density at radius 1 is 0.556 bits per heavy atom. The monoisotopic (exact) mass is 722 g/mol. The Morgan fingerprint density at radius 2 is 1.20 bits per heavy atom. The van der Waals surface area contributed by atoms with Crippen molar-refractivity contribution >= 4 is 35.2 Å². The Hall–Kier alpha value is -5.78. The first-order valence-electron chi connectivity index (χ1n) is 18.9. The van der Waals surface area contributed by atoms with Gasteiger partial charge in [-0.2, -0.15) is 0 Å². The van der Waals surface area contributed by atoms with Gasteiger partial charge in [-0.15, -0.1) is 0 Å². The second kappa shape index (κ2) is 13.9. The first-order valence-corrected chi connectivity index (χ1v) is 22.4. The Morgan fingerprint density at radius 3 is 1.91 bits per heavy atom. The summed E-state index contributed by atoms with van der Waals surface area (Å²) < 4.78 is 6.61. The number of para-hydroxylation sites is 2. The van der Waals surface area contributed by atoms with Gasteiger partial charge in [-0.25, -0.2) is 4.98 Å². The smallest absolute Gasteiger partial charge is 0.144 e. The Labute approximate surface area is 319 Å². The van der Waals surface area contributed by atoms with Crippen molar-refractivity contribution in [2.24, 2.45) is 0 Å². The molecule has 0 aliphatic rings. The van der Waals surface area contributed by atoms with Gasteiger partial charge < -0.3 is 9.52 Å². The Bertz CT molecular complexity index is 2640. The van der Waals surface area contributed by atoms with E-state index in [0.717, 1.165) is 66.8 Å². The van der Waals surface area contributed by atoms with Crippen LogP contribution < -0.4 is 5.19 Å². The van der Waals surface area contributed by atoms with Crippen LogP contribution >= 0.6 is 0 Å². The van der Waals surface area contributed by atoms with Gasteiger partial charge in [0.15, 0.2) is 0 Å². The van der Waals surface area contributed by atoms with Gasteiger partial charge in [0.1, 0.15) is 16.9 Å². The van der Waals surface area contributed by atoms with Crippen LogP contribution in [0.3, 0.4) is 0 Å². The molecule has 0 saturated carbocycles. The summed E-state index contributed by atoms with van der Waals surface area (Å²) in [7, 11) is -1.61. The van der Waals surface area contributed by atoms with E-state index in [1.54, 1.807) is 6.07 Å². The van der Waals surface area contributed by atoms with E-state index in [4.69, 9.17) is 14.4 Å². The van der Waals surface area contributed by atoms with E-state index in [-0.39, 0.29) is 5.75 Å². The van der Waals surface area contributed by atoms with Crippen LogP contribution in [-0.4, -0.2) is 23.1 Å². The number of phenolic OH excluding ortho intramolecular Hbond substituents is 1. The third kappa shape index (κ3) is 6.54. The van der Waals surface area contributed by atoms with Gasteiger partial charge in [0, 0.05) is 33.7 Å². The van der Waals surface area contributed by atoms with Crippen molar-refractivity contribution in [3.63, 3.8) is 0 Å². The zero-order chi connectivity index (χ0) is 37.7. The molecule has 0 unspecified atom stereocenters. The number of aromatic hydroxyl groups is 1. The van der Waals surface area contributed by atoms with Gasteiger partial charge in [0.05, 0.1) is 25.2 Å². The number of nitrogens with zero attached hydrogens (tertiary/aromatic N) is 2. The Balaban J connectivity index is 1.43. The van der Waals surface area contributed by atoms with Crippen LogP contribution in [0.25, 0.3) is 78.0 Å². The summed E-state index contributed by atoms with van der Waals surface area (Å²) in [5.41, 5.74) is 13.8. The zero-order valence-corrected chi connectivity index (χ0v) is 33.1. The summed E-state index contributed by atoms with van der Waals surface area (Å²) in [6.45, 7) is 16.5. The molecule has 4 nitrogen and oxygen atoms in total. The molecule has 0 bridgehead atoms. The van der Waals surface area contributed by atoms with E-state index >= 15 is 0 Å². The largest absolute Gasteiger partial charge is 0.507 e. The van der Waals surface area contributed by atoms with Gasteiger partial charge in [-0.3, -0.25) is 4.98 Å². The van der Waals surface area contributed by atoms with E-state index in [1.807, 2.05) is 48.7 Å². The third-order valence-corrected chi connectivity index (χ3v) is 12.5. The summed E-state index contributed by atoms with van der Waals surface area (Å²) in [6.07, 6.45) is 1.87. The van der Waals surface area contributed by atoms with Crippen molar-refractivity contribution in [3.05, 3.63) is 145 Å². The van der Waals surface area contributed by atoms with Crippen molar-refractivity contribution in [1.29, 1.82) is 0 Å². The van der Waals surface area contributed by atoms with Gasteiger partial charge >= 0.3 is 0 Å². The minimum Gasteiger partial charge on any atom is -0.507 e. The van der Waals surface area contributed by atoms with Crippen LogP contribution in [0, 0.1) is 0 Å². The van der Waals surface area contributed by atoms with Crippen LogP contribution in [-0.2, 0) is 0 Å². The Kier molecular flexibility index (Phi) is 9.07. The zero-order valence-electron chi connectivity index (χ0n) is 32.1. The molecule has 268 valence electrons. The van der Waals surface area contributed by atoms with E-state index in [9.17, 15) is 5.11 Å². The number of rotatable bonds is 8. The number of furan rings is 1. The average Bonchev–Trinajstić information content (AvgIpc) is 3.55. The maximum atomic E-state index is 11.2. The third-order valence-electron chi connectivity index (χ3n) is 10.5. The molecule has 0 fully saturated rings. The normalized spacial score (nSPS) is 12.0. The molecule has 8 aromatic rings. The SMILES string of the molecule is CC(C)c1cc([Si](C)(C)C)cc(C(C)C)c1-c1cc(-c2cc(-c3cc(-c4ccccc4)ccn3)c3oc4ccccc4c3c2)nc(-c2ccccc2O)c1. The van der Waals surface area contributed by atoms with Crippen molar-refractivity contribution in [3.8, 4) is 61.8 Å². The number of phenols is 1. The molecule has 0 spiro atoms. The average molecular weight is 723 g/mol. The number of aromatic nitrogens is 2. The lowest BCUT2D eigenvalue weighted by molar-refractivity contribution is 0.477. The second-order valence-electron chi connectivity index (χ2n) is 16.0. The van der Waals surface area contributed by atoms with Crippen molar-refractivity contribution in [1.82, 2.24) is 9.97 Å². The molecule has 3 aromatic heterocycles. The first-order chi connectivity index (χ1) is 26.0. The van der Waals surface area contributed by atoms with Gasteiger partial charge in [0.2, 0.25) is 0 Å². The minimum absolute atomic E-state index is 0.203. The molecule has 5 aromatic carbocycles. The summed E-state index contributed by atoms with van der Waals surface area (Å²) in [5.74, 6) is 0.818. The molecular formula is C49H46N2O2Si. The molecule has 0 amide bonds. The van der Waals surface area contributed by atoms with Crippen LogP contribution in [0.2, 0.25) is 19.6 Å². The van der Waals surface area contributed by atoms with E-state index < -0.39 is 8.07 Å².